The van der Waals surface area contributed by atoms with E-state index in [4.69, 9.17) is 9.47 Å². The zero-order valence-electron chi connectivity index (χ0n) is 12.4. The Morgan fingerprint density at radius 2 is 1.71 bits per heavy atom. The third-order valence-corrected chi connectivity index (χ3v) is 4.36. The van der Waals surface area contributed by atoms with Gasteiger partial charge in [-0.25, -0.2) is 0 Å². The fraction of sp³-hybridized carbons (Fsp3) is 1.00. The SMILES string of the molecule is CCC1O[C@@H](OCCC(C)C)C(C)[C@H](C)[C@@H]1C. The second kappa shape index (κ2) is 6.75. The molecule has 1 heterocycles. The van der Waals surface area contributed by atoms with Gasteiger partial charge in [0.05, 0.1) is 6.10 Å². The molecule has 17 heavy (non-hydrogen) atoms. The Labute approximate surface area is 107 Å². The van der Waals surface area contributed by atoms with E-state index in [1.165, 1.54) is 0 Å². The van der Waals surface area contributed by atoms with E-state index in [2.05, 4.69) is 41.5 Å². The maximum Gasteiger partial charge on any atom is 0.160 e. The third-order valence-electron chi connectivity index (χ3n) is 4.36. The van der Waals surface area contributed by atoms with Crippen LogP contribution >= 0.6 is 0 Å². The molecular weight excluding hydrogens is 212 g/mol. The summed E-state index contributed by atoms with van der Waals surface area (Å²) in [5.41, 5.74) is 0. The van der Waals surface area contributed by atoms with E-state index in [1.54, 1.807) is 0 Å². The van der Waals surface area contributed by atoms with E-state index in [0.29, 0.717) is 29.8 Å². The lowest BCUT2D eigenvalue weighted by Crippen LogP contribution is -2.45. The first-order valence-corrected chi connectivity index (χ1v) is 7.24. The van der Waals surface area contributed by atoms with Crippen LogP contribution in [0.2, 0.25) is 0 Å². The van der Waals surface area contributed by atoms with Crippen LogP contribution in [-0.4, -0.2) is 19.0 Å². The zero-order valence-corrected chi connectivity index (χ0v) is 12.4. The van der Waals surface area contributed by atoms with Gasteiger partial charge in [-0.05, 0) is 30.6 Å². The quantitative estimate of drug-likeness (QED) is 0.723. The normalized spacial score (nSPS) is 38.6. The summed E-state index contributed by atoms with van der Waals surface area (Å²) in [6.07, 6.45) is 2.57. The smallest absolute Gasteiger partial charge is 0.160 e. The number of hydrogen-bond donors (Lipinski definition) is 0. The van der Waals surface area contributed by atoms with Gasteiger partial charge in [0.25, 0.3) is 0 Å². The van der Waals surface area contributed by atoms with Crippen LogP contribution < -0.4 is 0 Å². The van der Waals surface area contributed by atoms with Gasteiger partial charge >= 0.3 is 0 Å². The number of rotatable bonds is 5. The second-order valence-corrected chi connectivity index (χ2v) is 6.08. The van der Waals surface area contributed by atoms with Gasteiger partial charge in [0.15, 0.2) is 6.29 Å². The van der Waals surface area contributed by atoms with Crippen molar-refractivity contribution in [3.8, 4) is 0 Å². The summed E-state index contributed by atoms with van der Waals surface area (Å²) >= 11 is 0. The molecule has 2 nitrogen and oxygen atoms in total. The van der Waals surface area contributed by atoms with Crippen LogP contribution in [0.15, 0.2) is 0 Å². The van der Waals surface area contributed by atoms with E-state index >= 15 is 0 Å². The molecule has 0 bridgehead atoms. The van der Waals surface area contributed by atoms with Crippen LogP contribution in [0.5, 0.6) is 0 Å². The lowest BCUT2D eigenvalue weighted by Gasteiger charge is -2.43. The lowest BCUT2D eigenvalue weighted by atomic mass is 9.78. The van der Waals surface area contributed by atoms with Crippen LogP contribution in [-0.2, 0) is 9.47 Å². The molecule has 0 saturated carbocycles. The van der Waals surface area contributed by atoms with E-state index in [9.17, 15) is 0 Å². The van der Waals surface area contributed by atoms with Gasteiger partial charge < -0.3 is 9.47 Å². The molecule has 2 unspecified atom stereocenters. The van der Waals surface area contributed by atoms with E-state index < -0.39 is 0 Å². The van der Waals surface area contributed by atoms with Crippen LogP contribution in [0.3, 0.4) is 0 Å². The summed E-state index contributed by atoms with van der Waals surface area (Å²) in [6, 6.07) is 0. The van der Waals surface area contributed by atoms with Gasteiger partial charge in [0.1, 0.15) is 0 Å². The molecule has 0 aromatic rings. The largest absolute Gasteiger partial charge is 0.352 e. The van der Waals surface area contributed by atoms with E-state index in [0.717, 1.165) is 19.4 Å². The summed E-state index contributed by atoms with van der Waals surface area (Å²) < 4.78 is 12.0. The summed E-state index contributed by atoms with van der Waals surface area (Å²) in [4.78, 5) is 0. The Bertz CT molecular complexity index is 213. The van der Waals surface area contributed by atoms with Crippen molar-refractivity contribution >= 4 is 0 Å². The highest BCUT2D eigenvalue weighted by Gasteiger charge is 2.38. The van der Waals surface area contributed by atoms with Crippen molar-refractivity contribution in [2.75, 3.05) is 6.61 Å². The second-order valence-electron chi connectivity index (χ2n) is 6.08. The minimum atomic E-state index is 0.00454. The van der Waals surface area contributed by atoms with Gasteiger partial charge in [-0.15, -0.1) is 0 Å². The van der Waals surface area contributed by atoms with Crippen molar-refractivity contribution in [1.82, 2.24) is 0 Å². The Hall–Kier alpha value is -0.0800. The van der Waals surface area contributed by atoms with Crippen molar-refractivity contribution in [2.24, 2.45) is 23.7 Å². The van der Waals surface area contributed by atoms with Crippen molar-refractivity contribution in [1.29, 1.82) is 0 Å². The fourth-order valence-electron chi connectivity index (χ4n) is 2.56. The minimum absolute atomic E-state index is 0.00454. The van der Waals surface area contributed by atoms with Crippen LogP contribution in [0.1, 0.15) is 54.4 Å². The van der Waals surface area contributed by atoms with Crippen molar-refractivity contribution in [3.05, 3.63) is 0 Å². The topological polar surface area (TPSA) is 18.5 Å². The standard InChI is InChI=1S/C15H30O2/c1-7-14-12(5)11(4)13(6)15(17-14)16-9-8-10(2)3/h10-15H,7-9H2,1-6H3/t11-,12+,13?,14?,15-/m1/s1. The molecule has 1 aliphatic rings. The first-order chi connectivity index (χ1) is 7.97. The molecule has 1 rings (SSSR count). The highest BCUT2D eigenvalue weighted by atomic mass is 16.7. The summed E-state index contributed by atoms with van der Waals surface area (Å²) in [5.74, 6) is 2.52. The molecule has 102 valence electrons. The number of ether oxygens (including phenoxy) is 2. The average Bonchev–Trinajstić information content (AvgIpc) is 2.29. The lowest BCUT2D eigenvalue weighted by molar-refractivity contribution is -0.248. The summed E-state index contributed by atoms with van der Waals surface area (Å²) in [6.45, 7) is 14.4. The Morgan fingerprint density at radius 3 is 2.24 bits per heavy atom. The van der Waals surface area contributed by atoms with Gasteiger partial charge in [-0.2, -0.15) is 0 Å². The molecule has 1 aliphatic heterocycles. The van der Waals surface area contributed by atoms with Gasteiger partial charge in [-0.1, -0.05) is 41.5 Å². The Kier molecular flexibility index (Phi) is 5.94. The van der Waals surface area contributed by atoms with Crippen LogP contribution in [0.4, 0.5) is 0 Å². The molecule has 2 heteroatoms. The molecule has 1 fully saturated rings. The molecule has 0 aromatic carbocycles. The van der Waals surface area contributed by atoms with Gasteiger partial charge in [0, 0.05) is 12.5 Å². The zero-order chi connectivity index (χ0) is 13.0. The van der Waals surface area contributed by atoms with Crippen molar-refractivity contribution < 1.29 is 9.47 Å². The van der Waals surface area contributed by atoms with Gasteiger partial charge in [0.2, 0.25) is 0 Å². The molecule has 1 saturated heterocycles. The van der Waals surface area contributed by atoms with E-state index in [1.807, 2.05) is 0 Å². The molecule has 0 spiro atoms. The highest BCUT2D eigenvalue weighted by molar-refractivity contribution is 4.82. The fourth-order valence-corrected chi connectivity index (χ4v) is 2.56. The van der Waals surface area contributed by atoms with Crippen LogP contribution in [0.25, 0.3) is 0 Å². The molecule has 5 atom stereocenters. The molecule has 0 aliphatic carbocycles. The molecule has 0 amide bonds. The Balaban J connectivity index is 2.47. The molecule has 0 radical (unpaired) electrons. The number of hydrogen-bond acceptors (Lipinski definition) is 2. The first kappa shape index (κ1) is 15.0. The predicted octanol–water partition coefficient (Wildman–Crippen LogP) is 4.09. The minimum Gasteiger partial charge on any atom is -0.352 e. The maximum atomic E-state index is 6.09. The first-order valence-electron chi connectivity index (χ1n) is 7.24. The van der Waals surface area contributed by atoms with Crippen LogP contribution in [0, 0.1) is 23.7 Å². The van der Waals surface area contributed by atoms with E-state index in [-0.39, 0.29) is 6.29 Å². The summed E-state index contributed by atoms with van der Waals surface area (Å²) in [7, 11) is 0. The predicted molar refractivity (Wildman–Crippen MR) is 71.9 cm³/mol. The molecule has 0 aromatic heterocycles. The third kappa shape index (κ3) is 3.96. The average molecular weight is 242 g/mol. The maximum absolute atomic E-state index is 6.09. The van der Waals surface area contributed by atoms with Gasteiger partial charge in [-0.3, -0.25) is 0 Å². The summed E-state index contributed by atoms with van der Waals surface area (Å²) in [5, 5.41) is 0. The molecule has 0 N–H and O–H groups in total. The molecular formula is C15H30O2. The van der Waals surface area contributed by atoms with Crippen molar-refractivity contribution in [2.45, 2.75) is 66.8 Å². The highest BCUT2D eigenvalue weighted by Crippen LogP contribution is 2.36. The van der Waals surface area contributed by atoms with Crippen molar-refractivity contribution in [3.63, 3.8) is 0 Å². The Morgan fingerprint density at radius 1 is 1.06 bits per heavy atom. The monoisotopic (exact) mass is 242 g/mol.